The molecular weight excluding hydrogens is 416 g/mol. The monoisotopic (exact) mass is 452 g/mol. The molecule has 0 radical (unpaired) electrons. The molecule has 0 saturated carbocycles. The van der Waals surface area contributed by atoms with Gasteiger partial charge >= 0.3 is 0 Å². The molecule has 3 heterocycles. The quantitative estimate of drug-likeness (QED) is 0.750. The Labute approximate surface area is 196 Å². The molecule has 7 heteroatoms. The van der Waals surface area contributed by atoms with Crippen molar-refractivity contribution in [1.29, 1.82) is 0 Å². The fraction of sp³-hybridized carbons (Fsp3) is 0.538. The van der Waals surface area contributed by atoms with Gasteiger partial charge in [0.25, 0.3) is 0 Å². The molecule has 0 bridgehead atoms. The normalized spacial score (nSPS) is 27.2. The molecule has 1 aromatic heterocycles. The lowest BCUT2D eigenvalue weighted by molar-refractivity contribution is -0.0575. The number of aliphatic hydroxyl groups is 1. The number of hydrogen-bond donors (Lipinski definition) is 1. The minimum absolute atomic E-state index is 0.116. The molecule has 0 aromatic carbocycles. The number of ether oxygens (including phenoxy) is 2. The molecule has 1 spiro atoms. The Balaban J connectivity index is 1.55. The van der Waals surface area contributed by atoms with E-state index in [1.54, 1.807) is 21.3 Å². The number of rotatable bonds is 4. The van der Waals surface area contributed by atoms with Gasteiger partial charge in [0.2, 0.25) is 0 Å². The zero-order valence-electron chi connectivity index (χ0n) is 20.2. The highest BCUT2D eigenvalue weighted by molar-refractivity contribution is 5.99. The number of likely N-dealkylation sites (tertiary alicyclic amines) is 1. The standard InChI is InChI=1S/C26H36N4O3/c1-19-17-21(32-3)7-5-13-29-14-6-8-24(29)26(28-19)11-15-30(16-12-26)25(31)20-9-10-23(33-4)22(18-20)27-2/h5-6,8,10,13-14,17,20,25,31H,7,9,11-12,15-16,18H2,1-4H3/b13-5?,21-17+,27-22?,28-19?. The van der Waals surface area contributed by atoms with E-state index in [9.17, 15) is 5.11 Å². The van der Waals surface area contributed by atoms with E-state index < -0.39 is 6.23 Å². The van der Waals surface area contributed by atoms with Gasteiger partial charge in [0.15, 0.2) is 0 Å². The summed E-state index contributed by atoms with van der Waals surface area (Å²) in [5.74, 6) is 1.85. The summed E-state index contributed by atoms with van der Waals surface area (Å²) in [5, 5.41) is 11.2. The van der Waals surface area contributed by atoms with Crippen LogP contribution in [0.1, 0.15) is 44.7 Å². The second-order valence-corrected chi connectivity index (χ2v) is 9.08. The summed E-state index contributed by atoms with van der Waals surface area (Å²) < 4.78 is 13.2. The molecule has 1 aromatic rings. The molecule has 1 fully saturated rings. The van der Waals surface area contributed by atoms with E-state index in [1.807, 2.05) is 13.0 Å². The Morgan fingerprint density at radius 1 is 1.24 bits per heavy atom. The summed E-state index contributed by atoms with van der Waals surface area (Å²) in [6.07, 6.45) is 13.9. The number of piperidine rings is 1. The van der Waals surface area contributed by atoms with Crippen LogP contribution in [-0.2, 0) is 15.0 Å². The molecule has 0 amide bonds. The van der Waals surface area contributed by atoms with Crippen LogP contribution in [0.15, 0.2) is 58.1 Å². The number of aromatic nitrogens is 1. The van der Waals surface area contributed by atoms with E-state index in [1.165, 1.54) is 5.69 Å². The van der Waals surface area contributed by atoms with Gasteiger partial charge in [-0.15, -0.1) is 0 Å². The number of aliphatic imine (C=N–C) groups is 2. The summed E-state index contributed by atoms with van der Waals surface area (Å²) in [5.41, 5.74) is 2.77. The second kappa shape index (κ2) is 10.1. The highest BCUT2D eigenvalue weighted by Crippen LogP contribution is 2.40. The van der Waals surface area contributed by atoms with Gasteiger partial charge in [-0.2, -0.15) is 0 Å². The number of aliphatic hydroxyl groups excluding tert-OH is 1. The number of nitrogens with zero attached hydrogens (tertiary/aromatic N) is 4. The molecule has 1 N–H and O–H groups in total. The third-order valence-corrected chi connectivity index (χ3v) is 7.12. The molecule has 2 atom stereocenters. The molecule has 7 nitrogen and oxygen atoms in total. The Hall–Kier alpha value is -2.64. The molecule has 1 saturated heterocycles. The molecule has 1 aliphatic carbocycles. The van der Waals surface area contributed by atoms with Crippen LogP contribution in [0.4, 0.5) is 0 Å². The van der Waals surface area contributed by atoms with Crippen LogP contribution in [0.5, 0.6) is 0 Å². The fourth-order valence-corrected chi connectivity index (χ4v) is 5.33. The van der Waals surface area contributed by atoms with E-state index in [-0.39, 0.29) is 11.5 Å². The number of fused-ring (bicyclic) bond motifs is 2. The zero-order chi connectivity index (χ0) is 23.4. The number of allylic oxidation sites excluding steroid dienone is 4. The first-order chi connectivity index (χ1) is 16.0. The lowest BCUT2D eigenvalue weighted by atomic mass is 9.83. The average Bonchev–Trinajstić information content (AvgIpc) is 3.32. The van der Waals surface area contributed by atoms with Gasteiger partial charge in [0.1, 0.15) is 23.3 Å². The van der Waals surface area contributed by atoms with Crippen molar-refractivity contribution in [2.24, 2.45) is 15.9 Å². The van der Waals surface area contributed by atoms with E-state index >= 15 is 0 Å². The average molecular weight is 453 g/mol. The highest BCUT2D eigenvalue weighted by Gasteiger charge is 2.41. The fourth-order valence-electron chi connectivity index (χ4n) is 5.33. The molecular formula is C26H36N4O3. The van der Waals surface area contributed by atoms with E-state index in [4.69, 9.17) is 14.5 Å². The molecule has 2 unspecified atom stereocenters. The maximum absolute atomic E-state index is 11.2. The zero-order valence-corrected chi connectivity index (χ0v) is 20.2. The lowest BCUT2D eigenvalue weighted by Crippen LogP contribution is -2.50. The van der Waals surface area contributed by atoms with Crippen molar-refractivity contribution >= 4 is 17.6 Å². The third-order valence-electron chi connectivity index (χ3n) is 7.12. The maximum atomic E-state index is 11.2. The first kappa shape index (κ1) is 23.5. The Morgan fingerprint density at radius 3 is 2.73 bits per heavy atom. The smallest absolute Gasteiger partial charge is 0.135 e. The highest BCUT2D eigenvalue weighted by atomic mass is 16.5. The van der Waals surface area contributed by atoms with Crippen molar-refractivity contribution in [3.63, 3.8) is 0 Å². The first-order valence-electron chi connectivity index (χ1n) is 11.8. The minimum atomic E-state index is -0.509. The summed E-state index contributed by atoms with van der Waals surface area (Å²) in [6.45, 7) is 3.61. The van der Waals surface area contributed by atoms with Crippen LogP contribution >= 0.6 is 0 Å². The van der Waals surface area contributed by atoms with Gasteiger partial charge in [0, 0.05) is 56.3 Å². The van der Waals surface area contributed by atoms with Crippen molar-refractivity contribution in [2.45, 2.75) is 50.8 Å². The van der Waals surface area contributed by atoms with Crippen molar-refractivity contribution in [2.75, 3.05) is 34.4 Å². The molecule has 3 aliphatic rings. The van der Waals surface area contributed by atoms with E-state index in [2.05, 4.69) is 51.1 Å². The lowest BCUT2D eigenvalue weighted by Gasteiger charge is -2.43. The van der Waals surface area contributed by atoms with Crippen molar-refractivity contribution < 1.29 is 14.6 Å². The molecule has 4 rings (SSSR count). The van der Waals surface area contributed by atoms with Crippen LogP contribution < -0.4 is 0 Å². The Bertz CT molecular complexity index is 993. The van der Waals surface area contributed by atoms with E-state index in [0.29, 0.717) is 0 Å². The molecule has 33 heavy (non-hydrogen) atoms. The number of hydrogen-bond acceptors (Lipinski definition) is 6. The van der Waals surface area contributed by atoms with Gasteiger partial charge in [-0.3, -0.25) is 14.9 Å². The van der Waals surface area contributed by atoms with Crippen molar-refractivity contribution in [3.8, 4) is 0 Å². The van der Waals surface area contributed by atoms with Gasteiger partial charge in [0.05, 0.1) is 19.9 Å². The summed E-state index contributed by atoms with van der Waals surface area (Å²) in [7, 11) is 5.17. The summed E-state index contributed by atoms with van der Waals surface area (Å²) in [4.78, 5) is 11.8. The van der Waals surface area contributed by atoms with Crippen molar-refractivity contribution in [1.82, 2.24) is 9.47 Å². The maximum Gasteiger partial charge on any atom is 0.135 e. The van der Waals surface area contributed by atoms with Crippen LogP contribution in [0, 0.1) is 5.92 Å². The van der Waals surface area contributed by atoms with Crippen LogP contribution in [0.25, 0.3) is 6.20 Å². The van der Waals surface area contributed by atoms with Gasteiger partial charge in [-0.25, -0.2) is 0 Å². The topological polar surface area (TPSA) is 71.6 Å². The third kappa shape index (κ3) is 4.84. The number of methoxy groups -OCH3 is 2. The first-order valence-corrected chi connectivity index (χ1v) is 11.8. The summed E-state index contributed by atoms with van der Waals surface area (Å²) in [6, 6.07) is 4.27. The van der Waals surface area contributed by atoms with Gasteiger partial charge in [-0.05, 0) is 56.9 Å². The SMILES string of the molecule is CN=C1CC(C(O)N2CCC3(CC2)N=C(C)/C=C(/OC)CC=Cn2cccc23)CC=C1OC. The van der Waals surface area contributed by atoms with Crippen LogP contribution in [-0.4, -0.2) is 66.6 Å². The minimum Gasteiger partial charge on any atom is -0.501 e. The Kier molecular flexibility index (Phi) is 7.20. The second-order valence-electron chi connectivity index (χ2n) is 9.08. The molecule has 178 valence electrons. The van der Waals surface area contributed by atoms with Gasteiger partial charge in [-0.1, -0.05) is 6.08 Å². The Morgan fingerprint density at radius 2 is 2.03 bits per heavy atom. The predicted molar refractivity (Wildman–Crippen MR) is 132 cm³/mol. The summed E-state index contributed by atoms with van der Waals surface area (Å²) >= 11 is 0. The predicted octanol–water partition coefficient (Wildman–Crippen LogP) is 3.97. The van der Waals surface area contributed by atoms with Gasteiger partial charge < -0.3 is 19.1 Å². The molecule has 2 aliphatic heterocycles. The van der Waals surface area contributed by atoms with Crippen LogP contribution in [0.3, 0.4) is 0 Å². The van der Waals surface area contributed by atoms with Crippen molar-refractivity contribution in [3.05, 3.63) is 53.8 Å². The van der Waals surface area contributed by atoms with Crippen LogP contribution in [0.2, 0.25) is 0 Å². The van der Waals surface area contributed by atoms with E-state index in [0.717, 1.165) is 68.1 Å². The largest absolute Gasteiger partial charge is 0.501 e.